The molecule has 2 heterocycles. The first-order chi connectivity index (χ1) is 9.98. The topological polar surface area (TPSA) is 30.5 Å². The van der Waals surface area contributed by atoms with Crippen molar-refractivity contribution in [2.75, 3.05) is 13.2 Å². The molecule has 1 aliphatic rings. The van der Waals surface area contributed by atoms with E-state index in [9.17, 15) is 0 Å². The van der Waals surface area contributed by atoms with Crippen molar-refractivity contribution < 1.29 is 9.47 Å². The summed E-state index contributed by atoms with van der Waals surface area (Å²) in [5.74, 6) is 1.77. The van der Waals surface area contributed by atoms with Crippen LogP contribution >= 0.6 is 11.3 Å². The van der Waals surface area contributed by atoms with Gasteiger partial charge in [-0.25, -0.2) is 0 Å². The molecule has 0 saturated heterocycles. The summed E-state index contributed by atoms with van der Waals surface area (Å²) >= 11 is 1.86. The second-order valence-electron chi connectivity index (χ2n) is 6.45. The molecule has 21 heavy (non-hydrogen) atoms. The van der Waals surface area contributed by atoms with Gasteiger partial charge in [0.15, 0.2) is 11.5 Å². The summed E-state index contributed by atoms with van der Waals surface area (Å²) in [7, 11) is 0. The Hall–Kier alpha value is -1.26. The van der Waals surface area contributed by atoms with Crippen LogP contribution in [0.3, 0.4) is 0 Å². The smallest absolute Gasteiger partial charge is 0.162 e. The molecule has 2 aromatic rings. The third-order valence-corrected chi connectivity index (χ3v) is 4.87. The first-order valence-electron chi connectivity index (χ1n) is 7.57. The Morgan fingerprint density at radius 3 is 2.43 bits per heavy atom. The van der Waals surface area contributed by atoms with Crippen molar-refractivity contribution in [3.8, 4) is 11.5 Å². The zero-order chi connectivity index (χ0) is 15.0. The lowest BCUT2D eigenvalue weighted by molar-refractivity contribution is 0.172. The predicted molar refractivity (Wildman–Crippen MR) is 88.8 cm³/mol. The van der Waals surface area contributed by atoms with Crippen LogP contribution in [-0.2, 0) is 13.0 Å². The third-order valence-electron chi connectivity index (χ3n) is 3.67. The zero-order valence-electron chi connectivity index (χ0n) is 13.2. The summed E-state index contributed by atoms with van der Waals surface area (Å²) < 4.78 is 12.7. The minimum absolute atomic E-state index is 0.132. The van der Waals surface area contributed by atoms with Crippen LogP contribution < -0.4 is 14.8 Å². The molecule has 0 aliphatic carbocycles. The molecule has 0 unspecified atom stereocenters. The number of aryl methyl sites for hydroxylation is 1. The van der Waals surface area contributed by atoms with Crippen LogP contribution in [0, 0.1) is 0 Å². The highest BCUT2D eigenvalue weighted by atomic mass is 32.1. The van der Waals surface area contributed by atoms with E-state index in [0.717, 1.165) is 24.5 Å². The molecule has 3 rings (SSSR count). The van der Waals surface area contributed by atoms with E-state index in [-0.39, 0.29) is 5.54 Å². The van der Waals surface area contributed by atoms with E-state index >= 15 is 0 Å². The van der Waals surface area contributed by atoms with Crippen LogP contribution in [0.5, 0.6) is 11.5 Å². The summed E-state index contributed by atoms with van der Waals surface area (Å²) in [5.41, 5.74) is 1.57. The fourth-order valence-electron chi connectivity index (χ4n) is 2.61. The molecular formula is C17H23NO2S. The number of thiophene rings is 1. The Labute approximate surface area is 130 Å². The average Bonchev–Trinajstić information content (AvgIpc) is 2.78. The van der Waals surface area contributed by atoms with Crippen molar-refractivity contribution in [1.82, 2.24) is 5.32 Å². The molecule has 4 heteroatoms. The number of benzene rings is 1. The van der Waals surface area contributed by atoms with Crippen molar-refractivity contribution >= 4 is 21.4 Å². The number of rotatable bonds is 3. The van der Waals surface area contributed by atoms with Gasteiger partial charge < -0.3 is 14.8 Å². The Balaban J connectivity index is 2.01. The largest absolute Gasteiger partial charge is 0.486 e. The molecule has 0 amide bonds. The normalized spacial score (nSPS) is 14.7. The van der Waals surface area contributed by atoms with Gasteiger partial charge in [-0.3, -0.25) is 0 Å². The van der Waals surface area contributed by atoms with E-state index < -0.39 is 0 Å². The maximum atomic E-state index is 5.72. The van der Waals surface area contributed by atoms with Gasteiger partial charge in [-0.15, -0.1) is 11.3 Å². The SMILES string of the molecule is CCc1c(CNC(C)(C)C)sc2cc3c(cc12)OCCO3. The molecule has 1 aliphatic heterocycles. The number of nitrogens with one attached hydrogen (secondary N) is 1. The van der Waals surface area contributed by atoms with Crippen molar-refractivity contribution in [2.45, 2.75) is 46.2 Å². The summed E-state index contributed by atoms with van der Waals surface area (Å²) in [5, 5.41) is 4.91. The van der Waals surface area contributed by atoms with Gasteiger partial charge in [0, 0.05) is 27.7 Å². The maximum Gasteiger partial charge on any atom is 0.162 e. The van der Waals surface area contributed by atoms with E-state index in [1.807, 2.05) is 11.3 Å². The zero-order valence-corrected chi connectivity index (χ0v) is 14.0. The monoisotopic (exact) mass is 305 g/mol. The first kappa shape index (κ1) is 14.7. The quantitative estimate of drug-likeness (QED) is 0.925. The minimum Gasteiger partial charge on any atom is -0.486 e. The molecule has 0 atom stereocenters. The maximum absolute atomic E-state index is 5.72. The highest BCUT2D eigenvalue weighted by Crippen LogP contribution is 2.40. The summed E-state index contributed by atoms with van der Waals surface area (Å²) in [6, 6.07) is 4.29. The lowest BCUT2D eigenvalue weighted by Gasteiger charge is -2.20. The van der Waals surface area contributed by atoms with Gasteiger partial charge >= 0.3 is 0 Å². The van der Waals surface area contributed by atoms with Crippen LogP contribution in [0.2, 0.25) is 0 Å². The fourth-order valence-corrected chi connectivity index (χ4v) is 3.86. The van der Waals surface area contributed by atoms with Gasteiger partial charge in [-0.2, -0.15) is 0 Å². The standard InChI is InChI=1S/C17H23NO2S/c1-5-11-12-8-13-14(20-7-6-19-13)9-15(12)21-16(11)10-18-17(2,3)4/h8-9,18H,5-7,10H2,1-4H3. The highest BCUT2D eigenvalue weighted by molar-refractivity contribution is 7.19. The molecule has 1 aromatic heterocycles. The molecule has 3 nitrogen and oxygen atoms in total. The Kier molecular flexibility index (Phi) is 3.84. The number of ether oxygens (including phenoxy) is 2. The first-order valence-corrected chi connectivity index (χ1v) is 8.38. The summed E-state index contributed by atoms with van der Waals surface area (Å²) in [6.07, 6.45) is 1.04. The fraction of sp³-hybridized carbons (Fsp3) is 0.529. The summed E-state index contributed by atoms with van der Waals surface area (Å²) in [4.78, 5) is 1.42. The number of fused-ring (bicyclic) bond motifs is 2. The second kappa shape index (κ2) is 5.50. The van der Waals surface area contributed by atoms with E-state index in [4.69, 9.17) is 9.47 Å². The van der Waals surface area contributed by atoms with Crippen molar-refractivity contribution in [3.05, 3.63) is 22.6 Å². The van der Waals surface area contributed by atoms with Crippen LogP contribution in [0.1, 0.15) is 38.1 Å². The number of hydrogen-bond acceptors (Lipinski definition) is 4. The highest BCUT2D eigenvalue weighted by Gasteiger charge is 2.18. The Bertz CT molecular complexity index is 655. The number of hydrogen-bond donors (Lipinski definition) is 1. The Morgan fingerprint density at radius 1 is 1.14 bits per heavy atom. The lowest BCUT2D eigenvalue weighted by atomic mass is 10.1. The van der Waals surface area contributed by atoms with Gasteiger partial charge in [0.25, 0.3) is 0 Å². The van der Waals surface area contributed by atoms with Crippen LogP contribution in [0.15, 0.2) is 12.1 Å². The second-order valence-corrected chi connectivity index (χ2v) is 7.59. The lowest BCUT2D eigenvalue weighted by Crippen LogP contribution is -2.35. The van der Waals surface area contributed by atoms with Gasteiger partial charge in [0.05, 0.1) is 0 Å². The molecule has 0 fully saturated rings. The van der Waals surface area contributed by atoms with E-state index in [0.29, 0.717) is 13.2 Å². The summed E-state index contributed by atoms with van der Waals surface area (Å²) in [6.45, 7) is 11.0. The molecular weight excluding hydrogens is 282 g/mol. The van der Waals surface area contributed by atoms with Crippen molar-refractivity contribution in [2.24, 2.45) is 0 Å². The van der Waals surface area contributed by atoms with E-state index in [2.05, 4.69) is 45.1 Å². The van der Waals surface area contributed by atoms with Gasteiger partial charge in [-0.1, -0.05) is 6.92 Å². The van der Waals surface area contributed by atoms with Gasteiger partial charge in [0.2, 0.25) is 0 Å². The van der Waals surface area contributed by atoms with Crippen molar-refractivity contribution in [1.29, 1.82) is 0 Å². The van der Waals surface area contributed by atoms with Crippen LogP contribution in [-0.4, -0.2) is 18.8 Å². The van der Waals surface area contributed by atoms with Gasteiger partial charge in [0.1, 0.15) is 13.2 Å². The molecule has 0 bridgehead atoms. The third kappa shape index (κ3) is 3.01. The van der Waals surface area contributed by atoms with E-state index in [1.54, 1.807) is 0 Å². The van der Waals surface area contributed by atoms with Crippen molar-refractivity contribution in [3.63, 3.8) is 0 Å². The van der Waals surface area contributed by atoms with Gasteiger partial charge in [-0.05, 0) is 44.2 Å². The molecule has 0 radical (unpaired) electrons. The Morgan fingerprint density at radius 2 is 1.81 bits per heavy atom. The molecule has 0 saturated carbocycles. The molecule has 0 spiro atoms. The predicted octanol–water partition coefficient (Wildman–Crippen LogP) is 4.12. The van der Waals surface area contributed by atoms with E-state index in [1.165, 1.54) is 20.5 Å². The van der Waals surface area contributed by atoms with Crippen LogP contribution in [0.4, 0.5) is 0 Å². The minimum atomic E-state index is 0.132. The molecule has 1 N–H and O–H groups in total. The average molecular weight is 305 g/mol. The molecule has 114 valence electrons. The molecule has 1 aromatic carbocycles. The van der Waals surface area contributed by atoms with Crippen LogP contribution in [0.25, 0.3) is 10.1 Å².